The summed E-state index contributed by atoms with van der Waals surface area (Å²) in [5, 5.41) is 12.9. The highest BCUT2D eigenvalue weighted by atomic mass is 15.2. The zero-order chi connectivity index (χ0) is 50.5. The molecule has 75 heavy (non-hydrogen) atoms. The summed E-state index contributed by atoms with van der Waals surface area (Å²) in [4.78, 5) is 5.38. The van der Waals surface area contributed by atoms with Gasteiger partial charge in [-0.05, 0) is 141 Å². The number of rotatable bonds is 6. The van der Waals surface area contributed by atoms with Crippen LogP contribution in [0.4, 0.5) is 34.1 Å². The molecule has 0 saturated heterocycles. The predicted molar refractivity (Wildman–Crippen MR) is 324 cm³/mol. The summed E-state index contributed by atoms with van der Waals surface area (Å²) in [6, 6.07) is 72.8. The lowest BCUT2D eigenvalue weighted by Crippen LogP contribution is -2.62. The van der Waals surface area contributed by atoms with Gasteiger partial charge in [0.2, 0.25) is 0 Å². The number of fused-ring (bicyclic) bond motifs is 20. The molecule has 2 unspecified atom stereocenters. The largest absolute Gasteiger partial charge is 0.311 e. The van der Waals surface area contributed by atoms with Crippen molar-refractivity contribution in [2.45, 2.75) is 77.0 Å². The van der Waals surface area contributed by atoms with E-state index in [2.05, 4.69) is 264 Å². The fourth-order valence-electron chi connectivity index (χ4n) is 14.2. The first-order valence-electron chi connectivity index (χ1n) is 27.4. The van der Waals surface area contributed by atoms with Crippen molar-refractivity contribution < 1.29 is 0 Å². The molecule has 0 spiro atoms. The Balaban J connectivity index is 1.11. The molecule has 0 saturated carbocycles. The van der Waals surface area contributed by atoms with E-state index < -0.39 is 0 Å². The van der Waals surface area contributed by atoms with Gasteiger partial charge in [0.15, 0.2) is 0 Å². The summed E-state index contributed by atoms with van der Waals surface area (Å²) >= 11 is 0. The highest BCUT2D eigenvalue weighted by Crippen LogP contribution is 2.55. The quantitative estimate of drug-likeness (QED) is 0.121. The maximum atomic E-state index is 2.70. The molecule has 11 aromatic rings. The number of nitrogens with zero attached hydrogens (tertiary/aromatic N) is 2. The van der Waals surface area contributed by atoms with Crippen molar-refractivity contribution in [3.8, 4) is 11.1 Å². The first kappa shape index (κ1) is 44.4. The van der Waals surface area contributed by atoms with Gasteiger partial charge in [-0.3, -0.25) is 0 Å². The first-order valence-corrected chi connectivity index (χ1v) is 27.4. The molecule has 360 valence electrons. The van der Waals surface area contributed by atoms with Gasteiger partial charge >= 0.3 is 0 Å². The second kappa shape index (κ2) is 16.2. The van der Waals surface area contributed by atoms with Crippen molar-refractivity contribution in [2.24, 2.45) is 0 Å². The summed E-state index contributed by atoms with van der Waals surface area (Å²) in [6.45, 7) is 14.5. The van der Waals surface area contributed by atoms with Crippen molar-refractivity contribution in [3.63, 3.8) is 0 Å². The SMILES string of the molecule is CCC(C)(C)c1cc2c(c3ccccc13)N(c1ccc3c(c1)C1C=CC=CC1c1ccccc1-3)c1cccc3c1B2c1cc(C(C)(C)CC)c2ccccc2c1N3c1cccc2c3ccccc3c3ccccc3c12. The van der Waals surface area contributed by atoms with Crippen molar-refractivity contribution in [1.82, 2.24) is 0 Å². The number of benzene rings is 11. The molecule has 2 aliphatic heterocycles. The van der Waals surface area contributed by atoms with Crippen LogP contribution in [0.5, 0.6) is 0 Å². The fourth-order valence-corrected chi connectivity index (χ4v) is 14.2. The molecule has 2 heterocycles. The third-order valence-corrected chi connectivity index (χ3v) is 18.6. The minimum atomic E-state index is -0.0849. The topological polar surface area (TPSA) is 6.48 Å². The zero-order valence-corrected chi connectivity index (χ0v) is 43.7. The molecule has 11 aromatic carbocycles. The van der Waals surface area contributed by atoms with Crippen molar-refractivity contribution in [2.75, 3.05) is 9.80 Å². The van der Waals surface area contributed by atoms with Gasteiger partial charge < -0.3 is 9.80 Å². The third kappa shape index (κ3) is 6.16. The molecule has 0 bridgehead atoms. The van der Waals surface area contributed by atoms with Gasteiger partial charge in [-0.15, -0.1) is 0 Å². The van der Waals surface area contributed by atoms with Crippen LogP contribution in [0.15, 0.2) is 212 Å². The highest BCUT2D eigenvalue weighted by Gasteiger charge is 2.47. The van der Waals surface area contributed by atoms with E-state index in [4.69, 9.17) is 0 Å². The molecular weight excluding hydrogens is 904 g/mol. The van der Waals surface area contributed by atoms with Crippen molar-refractivity contribution in [3.05, 3.63) is 235 Å². The van der Waals surface area contributed by atoms with Gasteiger partial charge in [-0.2, -0.15) is 0 Å². The van der Waals surface area contributed by atoms with Gasteiger partial charge in [-0.25, -0.2) is 0 Å². The predicted octanol–water partition coefficient (Wildman–Crippen LogP) is 17.9. The molecule has 0 N–H and O–H groups in total. The van der Waals surface area contributed by atoms with Crippen LogP contribution < -0.4 is 26.2 Å². The number of allylic oxidation sites excluding steroid dienone is 4. The maximum absolute atomic E-state index is 2.70. The zero-order valence-electron chi connectivity index (χ0n) is 43.7. The lowest BCUT2D eigenvalue weighted by atomic mass is 9.32. The smallest absolute Gasteiger partial charge is 0.252 e. The van der Waals surface area contributed by atoms with E-state index in [1.54, 1.807) is 0 Å². The van der Waals surface area contributed by atoms with E-state index >= 15 is 0 Å². The van der Waals surface area contributed by atoms with Crippen LogP contribution in [0.1, 0.15) is 88.5 Å². The Hall–Kier alpha value is -8.14. The Bertz CT molecular complexity index is 4280. The monoisotopic (exact) mass is 962 g/mol. The molecule has 0 fully saturated rings. The number of hydrogen-bond acceptors (Lipinski definition) is 2. The molecule has 3 heteroatoms. The Morgan fingerprint density at radius 2 is 0.840 bits per heavy atom. The van der Waals surface area contributed by atoms with E-state index in [9.17, 15) is 0 Å². The van der Waals surface area contributed by atoms with Crippen LogP contribution >= 0.6 is 0 Å². The molecule has 2 atom stereocenters. The average molecular weight is 963 g/mol. The fraction of sp³-hybridized carbons (Fsp3) is 0.167. The summed E-state index contributed by atoms with van der Waals surface area (Å²) in [6.07, 6.45) is 11.4. The molecule has 0 amide bonds. The van der Waals surface area contributed by atoms with Gasteiger partial charge in [0, 0.05) is 56.4 Å². The molecule has 0 radical (unpaired) electrons. The number of hydrogen-bond donors (Lipinski definition) is 0. The van der Waals surface area contributed by atoms with Crippen LogP contribution in [0.25, 0.3) is 65.0 Å². The average Bonchev–Trinajstić information content (AvgIpc) is 3.46. The Labute approximate surface area is 441 Å². The molecule has 2 nitrogen and oxygen atoms in total. The summed E-state index contributed by atoms with van der Waals surface area (Å²) in [7, 11) is 0. The molecule has 2 aliphatic carbocycles. The minimum Gasteiger partial charge on any atom is -0.311 e. The third-order valence-electron chi connectivity index (χ3n) is 18.6. The van der Waals surface area contributed by atoms with Crippen LogP contribution in [-0.2, 0) is 10.8 Å². The second-order valence-electron chi connectivity index (χ2n) is 23.1. The Morgan fingerprint density at radius 1 is 0.400 bits per heavy atom. The van der Waals surface area contributed by atoms with Crippen LogP contribution in [0, 0.1) is 0 Å². The Morgan fingerprint density at radius 3 is 1.44 bits per heavy atom. The van der Waals surface area contributed by atoms with Crippen LogP contribution in [0.3, 0.4) is 0 Å². The Kier molecular flexibility index (Phi) is 9.57. The van der Waals surface area contributed by atoms with Crippen molar-refractivity contribution in [1.29, 1.82) is 0 Å². The molecule has 0 aromatic heterocycles. The molecular formula is C72H59BN2. The van der Waals surface area contributed by atoms with E-state index in [-0.39, 0.29) is 29.4 Å². The van der Waals surface area contributed by atoms with Gasteiger partial charge in [0.25, 0.3) is 6.71 Å². The lowest BCUT2D eigenvalue weighted by molar-refractivity contribution is 0.511. The molecule has 4 aliphatic rings. The number of anilines is 6. The van der Waals surface area contributed by atoms with E-state index in [1.165, 1.54) is 138 Å². The lowest BCUT2D eigenvalue weighted by Gasteiger charge is -2.46. The first-order chi connectivity index (χ1) is 36.7. The van der Waals surface area contributed by atoms with Crippen LogP contribution in [-0.4, -0.2) is 6.71 Å². The van der Waals surface area contributed by atoms with Crippen molar-refractivity contribution >= 4 is 111 Å². The summed E-state index contributed by atoms with van der Waals surface area (Å²) in [5.41, 5.74) is 19.7. The summed E-state index contributed by atoms with van der Waals surface area (Å²) < 4.78 is 0. The van der Waals surface area contributed by atoms with Crippen LogP contribution in [0.2, 0.25) is 0 Å². The maximum Gasteiger partial charge on any atom is 0.252 e. The van der Waals surface area contributed by atoms with Gasteiger partial charge in [0.1, 0.15) is 0 Å². The summed E-state index contributed by atoms with van der Waals surface area (Å²) in [5.74, 6) is 0.519. The van der Waals surface area contributed by atoms with E-state index in [0.29, 0.717) is 0 Å². The highest BCUT2D eigenvalue weighted by molar-refractivity contribution is 7.01. The van der Waals surface area contributed by atoms with E-state index in [1.807, 2.05) is 0 Å². The molecule has 15 rings (SSSR count). The second-order valence-corrected chi connectivity index (χ2v) is 23.1. The van der Waals surface area contributed by atoms with Gasteiger partial charge in [0.05, 0.1) is 5.69 Å². The minimum absolute atomic E-state index is 0.0615. The standard InChI is InChI=1S/C72H59BN2/c1-7-71(3,4)60-42-62-69(57-33-19-16-30-53(57)60)74(44-39-40-52-47-25-10-9-23-45(47)46-24-12-14-29-51(46)59(52)41-44)65-37-22-38-66-68(65)73(62)63-43-61(72(5,6)8-2)54-31-17-20-34-58(54)70(63)75(66)64-36-21-35-56-50-27-13-11-26-48(50)49-28-15-18-32-55(49)67(56)64/h9-43,46,51H,7-8H2,1-6H3. The normalized spacial score (nSPS) is 16.3. The van der Waals surface area contributed by atoms with E-state index in [0.717, 1.165) is 12.8 Å². The van der Waals surface area contributed by atoms with Gasteiger partial charge in [-0.1, -0.05) is 224 Å².